The van der Waals surface area contributed by atoms with E-state index in [1.807, 2.05) is 18.2 Å². The first kappa shape index (κ1) is 29.5. The summed E-state index contributed by atoms with van der Waals surface area (Å²) in [5.74, 6) is -1.76. The highest BCUT2D eigenvalue weighted by molar-refractivity contribution is 5.96. The smallest absolute Gasteiger partial charge is 0.303 e. The van der Waals surface area contributed by atoms with Crippen molar-refractivity contribution in [2.45, 2.75) is 84.1 Å². The predicted octanol–water partition coefficient (Wildman–Crippen LogP) is 6.26. The molecule has 0 radical (unpaired) electrons. The first-order chi connectivity index (χ1) is 21.1. The van der Waals surface area contributed by atoms with Crippen molar-refractivity contribution in [1.82, 2.24) is 14.7 Å². The third kappa shape index (κ3) is 5.56. The fraction of sp³-hybridized carbons (Fsp3) is 0.406. The lowest BCUT2D eigenvalue weighted by atomic mass is 9.92. The lowest BCUT2D eigenvalue weighted by Gasteiger charge is -2.32. The molecule has 44 heavy (non-hydrogen) atoms. The van der Waals surface area contributed by atoms with E-state index in [-0.39, 0.29) is 42.7 Å². The van der Waals surface area contributed by atoms with Crippen molar-refractivity contribution in [3.63, 3.8) is 0 Å². The highest BCUT2D eigenvalue weighted by Gasteiger charge is 2.39. The average Bonchev–Trinajstić information content (AvgIpc) is 3.67. The Morgan fingerprint density at radius 1 is 1.00 bits per heavy atom. The van der Waals surface area contributed by atoms with Crippen LogP contribution in [-0.4, -0.2) is 38.7 Å². The Morgan fingerprint density at radius 2 is 1.77 bits per heavy atom. The van der Waals surface area contributed by atoms with Gasteiger partial charge in [0, 0.05) is 38.1 Å². The van der Waals surface area contributed by atoms with Gasteiger partial charge < -0.3 is 23.5 Å². The van der Waals surface area contributed by atoms with E-state index in [0.29, 0.717) is 47.6 Å². The van der Waals surface area contributed by atoms with Crippen LogP contribution in [-0.2, 0) is 30.5 Å². The Labute approximate surface area is 251 Å². The fourth-order valence-electron chi connectivity index (χ4n) is 6.49. The van der Waals surface area contributed by atoms with Gasteiger partial charge in [0.2, 0.25) is 5.91 Å². The highest BCUT2D eigenvalue weighted by atomic mass is 19.2. The molecule has 1 saturated carbocycles. The van der Waals surface area contributed by atoms with Crippen molar-refractivity contribution in [2.75, 3.05) is 4.90 Å². The minimum atomic E-state index is -1.03. The number of carbonyl (C=O) groups excluding carboxylic acids is 3. The summed E-state index contributed by atoms with van der Waals surface area (Å²) in [6.07, 6.45) is 3.33. The van der Waals surface area contributed by atoms with E-state index in [1.165, 1.54) is 24.8 Å². The van der Waals surface area contributed by atoms with Gasteiger partial charge >= 0.3 is 11.9 Å². The van der Waals surface area contributed by atoms with Crippen LogP contribution in [0.5, 0.6) is 0 Å². The number of fused-ring (bicyclic) bond motifs is 1. The second-order valence-corrected chi connectivity index (χ2v) is 11.3. The summed E-state index contributed by atoms with van der Waals surface area (Å²) in [5, 5.41) is 4.08. The molecule has 1 atom stereocenters. The van der Waals surface area contributed by atoms with Crippen LogP contribution in [0.3, 0.4) is 0 Å². The fourth-order valence-corrected chi connectivity index (χ4v) is 6.49. The van der Waals surface area contributed by atoms with Crippen LogP contribution >= 0.6 is 0 Å². The number of imidazole rings is 1. The SMILES string of the molecule is CC(=O)OCc1noc(C)c1-c1ccc2c(c1)nc([C@@H]1CCC(=O)N1c1ccc(F)c(F)c1)n2C1CCC(OC(C)=O)CC1. The van der Waals surface area contributed by atoms with Crippen molar-refractivity contribution in [1.29, 1.82) is 0 Å². The molecule has 1 aliphatic carbocycles. The van der Waals surface area contributed by atoms with Gasteiger partial charge in [-0.05, 0) is 68.9 Å². The summed E-state index contributed by atoms with van der Waals surface area (Å²) in [6.45, 7) is 4.46. The van der Waals surface area contributed by atoms with Crippen LogP contribution in [0.1, 0.15) is 81.7 Å². The van der Waals surface area contributed by atoms with E-state index in [2.05, 4.69) is 9.72 Å². The van der Waals surface area contributed by atoms with Crippen LogP contribution in [0.4, 0.5) is 14.5 Å². The number of carbonyl (C=O) groups is 3. The van der Waals surface area contributed by atoms with E-state index in [1.54, 1.807) is 6.92 Å². The summed E-state index contributed by atoms with van der Waals surface area (Å²) >= 11 is 0. The third-order valence-corrected chi connectivity index (χ3v) is 8.38. The first-order valence-electron chi connectivity index (χ1n) is 14.7. The molecule has 6 rings (SSSR count). The van der Waals surface area contributed by atoms with Gasteiger partial charge in [-0.1, -0.05) is 11.2 Å². The van der Waals surface area contributed by atoms with E-state index >= 15 is 0 Å². The number of hydrogen-bond acceptors (Lipinski definition) is 8. The number of amides is 1. The largest absolute Gasteiger partial charge is 0.463 e. The summed E-state index contributed by atoms with van der Waals surface area (Å²) in [4.78, 5) is 42.7. The molecule has 0 bridgehead atoms. The Morgan fingerprint density at radius 3 is 2.48 bits per heavy atom. The molecule has 2 aromatic carbocycles. The highest BCUT2D eigenvalue weighted by Crippen LogP contribution is 2.42. The number of hydrogen-bond donors (Lipinski definition) is 0. The summed E-state index contributed by atoms with van der Waals surface area (Å²) in [7, 11) is 0. The van der Waals surface area contributed by atoms with Crippen LogP contribution in [0.25, 0.3) is 22.2 Å². The molecule has 12 heteroatoms. The number of esters is 2. The molecule has 4 aromatic rings. The van der Waals surface area contributed by atoms with Gasteiger partial charge in [-0.2, -0.15) is 0 Å². The minimum Gasteiger partial charge on any atom is -0.463 e. The Hall–Kier alpha value is -4.61. The normalized spacial score (nSPS) is 20.3. The predicted molar refractivity (Wildman–Crippen MR) is 154 cm³/mol. The molecule has 0 spiro atoms. The van der Waals surface area contributed by atoms with Crippen molar-refractivity contribution in [3.05, 3.63) is 65.3 Å². The number of ether oxygens (including phenoxy) is 2. The van der Waals surface area contributed by atoms with E-state index in [9.17, 15) is 23.2 Å². The standard InChI is InChI=1S/C32H32F2N4O6/c1-17-31(27(36-44-17)16-42-18(2)39)20-4-11-28-26(14-20)35-32(38(28)21-5-8-23(9-6-21)43-19(3)40)29-12-13-30(41)37(29)22-7-10-24(33)25(34)15-22/h4,7,10-11,14-15,21,23,29H,5-6,8-9,12-13,16H2,1-3H3/t21?,23?,29-/m0/s1. The number of nitrogens with zero attached hydrogens (tertiary/aromatic N) is 4. The second-order valence-electron chi connectivity index (χ2n) is 11.3. The molecule has 2 aromatic heterocycles. The number of anilines is 1. The van der Waals surface area contributed by atoms with Crippen LogP contribution in [0.2, 0.25) is 0 Å². The molecule has 230 valence electrons. The van der Waals surface area contributed by atoms with Gasteiger partial charge in [0.15, 0.2) is 11.6 Å². The molecule has 2 aliphatic rings. The van der Waals surface area contributed by atoms with Gasteiger partial charge in [-0.3, -0.25) is 14.4 Å². The first-order valence-corrected chi connectivity index (χ1v) is 14.7. The Kier molecular flexibility index (Phi) is 7.91. The van der Waals surface area contributed by atoms with E-state index < -0.39 is 23.6 Å². The van der Waals surface area contributed by atoms with Crippen LogP contribution in [0, 0.1) is 18.6 Å². The zero-order valence-corrected chi connectivity index (χ0v) is 24.6. The maximum atomic E-state index is 14.3. The topological polar surface area (TPSA) is 117 Å². The van der Waals surface area contributed by atoms with Gasteiger partial charge in [0.25, 0.3) is 0 Å². The molecular weight excluding hydrogens is 574 g/mol. The Balaban J connectivity index is 1.44. The van der Waals surface area contributed by atoms with Crippen molar-refractivity contribution in [2.24, 2.45) is 0 Å². The third-order valence-electron chi connectivity index (χ3n) is 8.38. The molecule has 1 aliphatic heterocycles. The number of aryl methyl sites for hydroxylation is 1. The van der Waals surface area contributed by atoms with Gasteiger partial charge in [0.05, 0.1) is 22.6 Å². The number of benzene rings is 2. The van der Waals surface area contributed by atoms with Crippen LogP contribution < -0.4 is 4.90 Å². The molecule has 0 unspecified atom stereocenters. The quantitative estimate of drug-likeness (QED) is 0.227. The molecule has 0 N–H and O–H groups in total. The monoisotopic (exact) mass is 606 g/mol. The van der Waals surface area contributed by atoms with E-state index in [0.717, 1.165) is 36.1 Å². The Bertz CT molecular complexity index is 1760. The maximum absolute atomic E-state index is 14.3. The average molecular weight is 607 g/mol. The number of rotatable bonds is 7. The van der Waals surface area contributed by atoms with Crippen molar-refractivity contribution >= 4 is 34.6 Å². The molecule has 10 nitrogen and oxygen atoms in total. The van der Waals surface area contributed by atoms with Crippen LogP contribution in [0.15, 0.2) is 40.9 Å². The summed E-state index contributed by atoms with van der Waals surface area (Å²) in [6, 6.07) is 8.77. The lowest BCUT2D eigenvalue weighted by molar-refractivity contribution is -0.148. The molecule has 1 amide bonds. The molecule has 2 fully saturated rings. The molecular formula is C32H32F2N4O6. The van der Waals surface area contributed by atoms with Gasteiger partial charge in [-0.15, -0.1) is 0 Å². The van der Waals surface area contributed by atoms with Gasteiger partial charge in [0.1, 0.15) is 30.0 Å². The zero-order valence-electron chi connectivity index (χ0n) is 24.6. The maximum Gasteiger partial charge on any atom is 0.303 e. The number of halogens is 2. The van der Waals surface area contributed by atoms with Crippen molar-refractivity contribution < 1.29 is 37.2 Å². The molecule has 1 saturated heterocycles. The zero-order chi connectivity index (χ0) is 31.1. The molecule has 3 heterocycles. The van der Waals surface area contributed by atoms with Gasteiger partial charge in [-0.25, -0.2) is 13.8 Å². The van der Waals surface area contributed by atoms with Crippen molar-refractivity contribution in [3.8, 4) is 11.1 Å². The summed E-state index contributed by atoms with van der Waals surface area (Å²) < 4.78 is 46.3. The lowest BCUT2D eigenvalue weighted by Crippen LogP contribution is -2.31. The second kappa shape index (κ2) is 11.8. The van der Waals surface area contributed by atoms with E-state index in [4.69, 9.17) is 19.0 Å². The minimum absolute atomic E-state index is 0.00650. The summed E-state index contributed by atoms with van der Waals surface area (Å²) in [5.41, 5.74) is 3.73. The number of aromatic nitrogens is 3.